The Morgan fingerprint density at radius 1 is 1.00 bits per heavy atom. The van der Waals surface area contributed by atoms with Gasteiger partial charge in [0.05, 0.1) is 14.2 Å². The van der Waals surface area contributed by atoms with E-state index >= 15 is 0 Å². The van der Waals surface area contributed by atoms with E-state index in [9.17, 15) is 0 Å². The molecule has 1 aromatic carbocycles. The summed E-state index contributed by atoms with van der Waals surface area (Å²) in [6, 6.07) is 14.2. The topological polar surface area (TPSA) is 37.0 Å². The van der Waals surface area contributed by atoms with Crippen molar-refractivity contribution >= 4 is 51.3 Å². The number of thiophene rings is 1. The van der Waals surface area contributed by atoms with E-state index in [1.165, 1.54) is 11.3 Å². The first-order chi connectivity index (χ1) is 11.7. The molecule has 0 saturated carbocycles. The van der Waals surface area contributed by atoms with Crippen molar-refractivity contribution < 1.29 is 0 Å². The van der Waals surface area contributed by atoms with Crippen LogP contribution in [0, 0.1) is 0 Å². The summed E-state index contributed by atoms with van der Waals surface area (Å²) in [7, 11) is 0. The molecule has 0 fully saturated rings. The van der Waals surface area contributed by atoms with Gasteiger partial charge in [0.25, 0.3) is 0 Å². The Kier molecular flexibility index (Phi) is 6.32. The SMILES string of the molecule is Clc1cc(CCNCCCNc2ccc3ccccc3n2)c(Cl)s1. The van der Waals surface area contributed by atoms with E-state index < -0.39 is 0 Å². The molecule has 0 bridgehead atoms. The molecular formula is C18H19Cl2N3S. The number of fused-ring (bicyclic) bond motifs is 1. The zero-order chi connectivity index (χ0) is 16.8. The zero-order valence-corrected chi connectivity index (χ0v) is 15.5. The minimum Gasteiger partial charge on any atom is -0.370 e. The summed E-state index contributed by atoms with van der Waals surface area (Å²) < 4.78 is 1.55. The number of rotatable bonds is 8. The second-order valence-electron chi connectivity index (χ2n) is 5.52. The molecule has 0 amide bonds. The van der Waals surface area contributed by atoms with E-state index in [2.05, 4.69) is 27.8 Å². The van der Waals surface area contributed by atoms with E-state index in [1.54, 1.807) is 0 Å². The van der Waals surface area contributed by atoms with Crippen LogP contribution in [0.2, 0.25) is 8.67 Å². The molecule has 0 aliphatic heterocycles. The number of para-hydroxylation sites is 1. The van der Waals surface area contributed by atoms with Gasteiger partial charge in [-0.05, 0) is 55.8 Å². The molecule has 2 aromatic heterocycles. The van der Waals surface area contributed by atoms with Crippen LogP contribution in [0.5, 0.6) is 0 Å². The van der Waals surface area contributed by atoms with Crippen molar-refractivity contribution in [3.63, 3.8) is 0 Å². The van der Waals surface area contributed by atoms with Crippen molar-refractivity contribution in [3.05, 3.63) is 56.7 Å². The highest BCUT2D eigenvalue weighted by Gasteiger charge is 2.04. The lowest BCUT2D eigenvalue weighted by Crippen LogP contribution is -2.20. The van der Waals surface area contributed by atoms with Crippen LogP contribution in [-0.4, -0.2) is 24.6 Å². The summed E-state index contributed by atoms with van der Waals surface area (Å²) in [5, 5.41) is 7.96. The summed E-state index contributed by atoms with van der Waals surface area (Å²) >= 11 is 13.5. The average Bonchev–Trinajstić information content (AvgIpc) is 2.91. The number of aromatic nitrogens is 1. The summed E-state index contributed by atoms with van der Waals surface area (Å²) in [5.74, 6) is 0.924. The van der Waals surface area contributed by atoms with Crippen LogP contribution in [0.25, 0.3) is 10.9 Å². The molecule has 0 radical (unpaired) electrons. The summed E-state index contributed by atoms with van der Waals surface area (Å²) in [6.07, 6.45) is 1.94. The van der Waals surface area contributed by atoms with Crippen LogP contribution >= 0.6 is 34.5 Å². The Hall–Kier alpha value is -1.33. The number of hydrogen-bond donors (Lipinski definition) is 2. The largest absolute Gasteiger partial charge is 0.370 e. The van der Waals surface area contributed by atoms with Crippen LogP contribution in [0.15, 0.2) is 42.5 Å². The first-order valence-corrected chi connectivity index (χ1v) is 9.54. The van der Waals surface area contributed by atoms with Crippen molar-refractivity contribution in [1.29, 1.82) is 0 Å². The van der Waals surface area contributed by atoms with Gasteiger partial charge in [-0.3, -0.25) is 0 Å². The second kappa shape index (κ2) is 8.67. The van der Waals surface area contributed by atoms with Crippen LogP contribution in [0.4, 0.5) is 5.82 Å². The Morgan fingerprint density at radius 2 is 1.88 bits per heavy atom. The van der Waals surface area contributed by atoms with E-state index in [4.69, 9.17) is 23.2 Å². The van der Waals surface area contributed by atoms with Crippen molar-refractivity contribution in [3.8, 4) is 0 Å². The minimum atomic E-state index is 0.752. The van der Waals surface area contributed by atoms with Gasteiger partial charge in [-0.2, -0.15) is 0 Å². The fourth-order valence-electron chi connectivity index (χ4n) is 2.49. The molecule has 24 heavy (non-hydrogen) atoms. The molecule has 3 nitrogen and oxygen atoms in total. The standard InChI is InChI=1S/C18H19Cl2N3S/c19-16-12-14(18(20)24-16)8-11-21-9-3-10-22-17-7-6-13-4-1-2-5-15(13)23-17/h1-2,4-7,12,21H,3,8-11H2,(H,22,23). The molecule has 0 aliphatic carbocycles. The van der Waals surface area contributed by atoms with Crippen LogP contribution in [0.1, 0.15) is 12.0 Å². The van der Waals surface area contributed by atoms with Crippen LogP contribution in [0.3, 0.4) is 0 Å². The lowest BCUT2D eigenvalue weighted by Gasteiger charge is -2.07. The highest BCUT2D eigenvalue weighted by Crippen LogP contribution is 2.31. The number of anilines is 1. The summed E-state index contributed by atoms with van der Waals surface area (Å²) in [5.41, 5.74) is 2.14. The molecule has 0 unspecified atom stereocenters. The molecular weight excluding hydrogens is 361 g/mol. The second-order valence-corrected chi connectivity index (χ2v) is 7.80. The van der Waals surface area contributed by atoms with Gasteiger partial charge < -0.3 is 10.6 Å². The van der Waals surface area contributed by atoms with E-state index in [1.807, 2.05) is 30.3 Å². The third kappa shape index (κ3) is 4.84. The quantitative estimate of drug-likeness (QED) is 0.525. The molecule has 3 rings (SSSR count). The molecule has 0 saturated heterocycles. The van der Waals surface area contributed by atoms with Crippen LogP contribution in [-0.2, 0) is 6.42 Å². The maximum absolute atomic E-state index is 6.11. The predicted octanol–water partition coefficient (Wildman–Crippen LogP) is 5.24. The number of nitrogens with one attached hydrogen (secondary N) is 2. The number of halogens is 2. The first kappa shape index (κ1) is 17.5. The average molecular weight is 380 g/mol. The molecule has 3 aromatic rings. The number of nitrogens with zero attached hydrogens (tertiary/aromatic N) is 1. The maximum atomic E-state index is 6.11. The minimum absolute atomic E-state index is 0.752. The van der Waals surface area contributed by atoms with Gasteiger partial charge in [0, 0.05) is 11.9 Å². The normalized spacial score (nSPS) is 11.1. The Bertz CT molecular complexity index is 804. The number of benzene rings is 1. The number of hydrogen-bond acceptors (Lipinski definition) is 4. The van der Waals surface area contributed by atoms with Gasteiger partial charge in [-0.1, -0.05) is 41.4 Å². The van der Waals surface area contributed by atoms with Crippen molar-refractivity contribution in [2.24, 2.45) is 0 Å². The fraction of sp³-hybridized carbons (Fsp3) is 0.278. The maximum Gasteiger partial charge on any atom is 0.126 e. The third-order valence-corrected chi connectivity index (χ3v) is 5.30. The van der Waals surface area contributed by atoms with Crippen molar-refractivity contribution in [2.75, 3.05) is 25.0 Å². The van der Waals surface area contributed by atoms with Gasteiger partial charge in [0.15, 0.2) is 0 Å². The van der Waals surface area contributed by atoms with Crippen LogP contribution < -0.4 is 10.6 Å². The van der Waals surface area contributed by atoms with Gasteiger partial charge in [-0.25, -0.2) is 4.98 Å². The van der Waals surface area contributed by atoms with Crippen molar-refractivity contribution in [1.82, 2.24) is 10.3 Å². The van der Waals surface area contributed by atoms with Gasteiger partial charge >= 0.3 is 0 Å². The Morgan fingerprint density at radius 3 is 2.71 bits per heavy atom. The fourth-order valence-corrected chi connectivity index (χ4v) is 4.03. The molecule has 2 N–H and O–H groups in total. The Labute approximate surface area is 156 Å². The van der Waals surface area contributed by atoms with Crippen molar-refractivity contribution in [2.45, 2.75) is 12.8 Å². The molecule has 6 heteroatoms. The third-order valence-electron chi connectivity index (χ3n) is 3.73. The molecule has 126 valence electrons. The predicted molar refractivity (Wildman–Crippen MR) is 106 cm³/mol. The van der Waals surface area contributed by atoms with Gasteiger partial charge in [0.1, 0.15) is 5.82 Å². The zero-order valence-electron chi connectivity index (χ0n) is 13.2. The summed E-state index contributed by atoms with van der Waals surface area (Å²) in [4.78, 5) is 4.60. The highest BCUT2D eigenvalue weighted by atomic mass is 35.5. The van der Waals surface area contributed by atoms with E-state index in [-0.39, 0.29) is 0 Å². The lowest BCUT2D eigenvalue weighted by atomic mass is 10.2. The molecule has 0 aliphatic rings. The highest BCUT2D eigenvalue weighted by molar-refractivity contribution is 7.20. The van der Waals surface area contributed by atoms with E-state index in [0.717, 1.165) is 63.4 Å². The molecule has 0 atom stereocenters. The van der Waals surface area contributed by atoms with Gasteiger partial charge in [0.2, 0.25) is 0 Å². The number of pyridine rings is 1. The Balaban J connectivity index is 1.34. The first-order valence-electron chi connectivity index (χ1n) is 7.96. The van der Waals surface area contributed by atoms with E-state index in [0.29, 0.717) is 0 Å². The van der Waals surface area contributed by atoms with Gasteiger partial charge in [-0.15, -0.1) is 11.3 Å². The molecule has 2 heterocycles. The summed E-state index contributed by atoms with van der Waals surface area (Å²) in [6.45, 7) is 2.75. The lowest BCUT2D eigenvalue weighted by molar-refractivity contribution is 0.660. The molecule has 0 spiro atoms. The monoisotopic (exact) mass is 379 g/mol. The smallest absolute Gasteiger partial charge is 0.126 e.